The van der Waals surface area contributed by atoms with Gasteiger partial charge < -0.3 is 4.90 Å². The van der Waals surface area contributed by atoms with Crippen LogP contribution in [-0.2, 0) is 6.54 Å². The second kappa shape index (κ2) is 7.96. The van der Waals surface area contributed by atoms with E-state index in [9.17, 15) is 4.79 Å². The molecule has 2 aromatic rings. The summed E-state index contributed by atoms with van der Waals surface area (Å²) in [5, 5.41) is 0. The number of hydrogen-bond donors (Lipinski definition) is 0. The Labute approximate surface area is 144 Å². The molecule has 124 valence electrons. The van der Waals surface area contributed by atoms with Crippen molar-refractivity contribution in [1.82, 2.24) is 4.90 Å². The molecule has 1 amide bonds. The van der Waals surface area contributed by atoms with Crippen LogP contribution in [0.15, 0.2) is 73.3 Å². The van der Waals surface area contributed by atoms with Crippen LogP contribution in [0.25, 0.3) is 0 Å². The molecule has 2 atom stereocenters. The summed E-state index contributed by atoms with van der Waals surface area (Å²) in [5.74, 6) is 0.666. The monoisotopic (exact) mass is 319 g/mol. The van der Waals surface area contributed by atoms with Gasteiger partial charge in [0.15, 0.2) is 0 Å². The molecular formula is C22H25NO. The molecule has 0 bridgehead atoms. The highest BCUT2D eigenvalue weighted by molar-refractivity contribution is 5.94. The lowest BCUT2D eigenvalue weighted by Gasteiger charge is -2.33. The molecular weight excluding hydrogens is 294 g/mol. The van der Waals surface area contributed by atoms with Crippen molar-refractivity contribution in [2.45, 2.75) is 38.3 Å². The van der Waals surface area contributed by atoms with Crippen LogP contribution in [0.4, 0.5) is 0 Å². The third-order valence-corrected chi connectivity index (χ3v) is 4.97. The molecule has 1 saturated carbocycles. The summed E-state index contributed by atoms with van der Waals surface area (Å²) in [6, 6.07) is 20.2. The smallest absolute Gasteiger partial charge is 0.254 e. The second-order valence-corrected chi connectivity index (χ2v) is 6.57. The Hall–Kier alpha value is -2.35. The van der Waals surface area contributed by atoms with E-state index in [1.165, 1.54) is 18.4 Å². The summed E-state index contributed by atoms with van der Waals surface area (Å²) in [7, 11) is 0. The largest absolute Gasteiger partial charge is 0.331 e. The fourth-order valence-electron chi connectivity index (χ4n) is 3.78. The summed E-state index contributed by atoms with van der Waals surface area (Å²) >= 11 is 0. The van der Waals surface area contributed by atoms with E-state index < -0.39 is 0 Å². The number of hydrogen-bond acceptors (Lipinski definition) is 1. The summed E-state index contributed by atoms with van der Waals surface area (Å²) < 4.78 is 0. The quantitative estimate of drug-likeness (QED) is 0.680. The topological polar surface area (TPSA) is 20.3 Å². The average Bonchev–Trinajstić information content (AvgIpc) is 3.09. The van der Waals surface area contributed by atoms with Crippen molar-refractivity contribution in [2.75, 3.05) is 0 Å². The Morgan fingerprint density at radius 2 is 1.71 bits per heavy atom. The summed E-state index contributed by atoms with van der Waals surface area (Å²) in [6.45, 7) is 4.58. The minimum absolute atomic E-state index is 0.139. The van der Waals surface area contributed by atoms with Crippen molar-refractivity contribution in [3.8, 4) is 0 Å². The maximum Gasteiger partial charge on any atom is 0.254 e. The Bertz CT molecular complexity index is 665. The molecule has 24 heavy (non-hydrogen) atoms. The Kier molecular flexibility index (Phi) is 5.47. The number of carbonyl (C=O) groups excluding carboxylic acids is 1. The van der Waals surface area contributed by atoms with E-state index in [2.05, 4.69) is 23.6 Å². The van der Waals surface area contributed by atoms with Gasteiger partial charge in [0.05, 0.1) is 0 Å². The van der Waals surface area contributed by atoms with Crippen LogP contribution >= 0.6 is 0 Å². The van der Waals surface area contributed by atoms with E-state index in [1.807, 2.05) is 54.6 Å². The van der Waals surface area contributed by atoms with Gasteiger partial charge in [-0.15, -0.1) is 6.58 Å². The highest BCUT2D eigenvalue weighted by Gasteiger charge is 2.34. The maximum absolute atomic E-state index is 13.2. The van der Waals surface area contributed by atoms with Crippen molar-refractivity contribution in [3.05, 3.63) is 84.4 Å². The van der Waals surface area contributed by atoms with E-state index in [1.54, 1.807) is 0 Å². The maximum atomic E-state index is 13.2. The van der Waals surface area contributed by atoms with E-state index in [4.69, 9.17) is 0 Å². The molecule has 0 aromatic heterocycles. The van der Waals surface area contributed by atoms with Crippen LogP contribution in [0.3, 0.4) is 0 Å². The molecule has 1 aliphatic carbocycles. The first-order valence-electron chi connectivity index (χ1n) is 8.80. The lowest BCUT2D eigenvalue weighted by molar-refractivity contribution is 0.0615. The number of nitrogens with zero attached hydrogens (tertiary/aromatic N) is 1. The molecule has 1 fully saturated rings. The third-order valence-electron chi connectivity index (χ3n) is 4.97. The molecule has 0 spiro atoms. The first-order valence-corrected chi connectivity index (χ1v) is 8.80. The van der Waals surface area contributed by atoms with Gasteiger partial charge in [0, 0.05) is 18.2 Å². The molecule has 0 heterocycles. The number of carbonyl (C=O) groups is 1. The average molecular weight is 319 g/mol. The fourth-order valence-corrected chi connectivity index (χ4v) is 3.78. The van der Waals surface area contributed by atoms with Gasteiger partial charge in [-0.1, -0.05) is 61.0 Å². The van der Waals surface area contributed by atoms with Crippen LogP contribution in [0.1, 0.15) is 41.6 Å². The standard InChI is InChI=1S/C22H25NO/c1-2-10-19-15-9-16-21(19)23(17-18-11-5-3-6-12-18)22(24)20-13-7-4-8-14-20/h2-8,11-14,19,21H,1,9-10,15-17H2/t19-,21+/m1/s1. The zero-order chi connectivity index (χ0) is 16.8. The van der Waals surface area contributed by atoms with Gasteiger partial charge in [-0.05, 0) is 42.9 Å². The molecule has 1 aliphatic rings. The predicted molar refractivity (Wildman–Crippen MR) is 98.7 cm³/mol. The molecule has 2 aromatic carbocycles. The van der Waals surface area contributed by atoms with Gasteiger partial charge in [-0.25, -0.2) is 0 Å². The van der Waals surface area contributed by atoms with Gasteiger partial charge in [0.2, 0.25) is 0 Å². The fraction of sp³-hybridized carbons (Fsp3) is 0.318. The third kappa shape index (κ3) is 3.76. The Morgan fingerprint density at radius 1 is 1.04 bits per heavy atom. The van der Waals surface area contributed by atoms with E-state index in [0.717, 1.165) is 18.4 Å². The molecule has 0 unspecified atom stereocenters. The SMILES string of the molecule is C=CC[C@@H]1CCC[C@@H]1N(Cc1ccccc1)C(=O)c1ccccc1. The Balaban J connectivity index is 1.88. The molecule has 0 N–H and O–H groups in total. The van der Waals surface area contributed by atoms with E-state index in [-0.39, 0.29) is 5.91 Å². The highest BCUT2D eigenvalue weighted by atomic mass is 16.2. The zero-order valence-electron chi connectivity index (χ0n) is 14.1. The first-order chi connectivity index (χ1) is 11.8. The van der Waals surface area contributed by atoms with Gasteiger partial charge >= 0.3 is 0 Å². The summed E-state index contributed by atoms with van der Waals surface area (Å²) in [5.41, 5.74) is 1.96. The van der Waals surface area contributed by atoms with Crippen molar-refractivity contribution >= 4 is 5.91 Å². The molecule has 0 aliphatic heterocycles. The minimum atomic E-state index is 0.139. The number of rotatable bonds is 6. The van der Waals surface area contributed by atoms with Gasteiger partial charge in [0.1, 0.15) is 0 Å². The molecule has 0 radical (unpaired) electrons. The summed E-state index contributed by atoms with van der Waals surface area (Å²) in [6.07, 6.45) is 6.44. The zero-order valence-corrected chi connectivity index (χ0v) is 14.1. The van der Waals surface area contributed by atoms with Crippen molar-refractivity contribution < 1.29 is 4.79 Å². The van der Waals surface area contributed by atoms with Crippen LogP contribution in [0.2, 0.25) is 0 Å². The minimum Gasteiger partial charge on any atom is -0.331 e. The number of allylic oxidation sites excluding steroid dienone is 1. The second-order valence-electron chi connectivity index (χ2n) is 6.57. The van der Waals surface area contributed by atoms with Gasteiger partial charge in [-0.2, -0.15) is 0 Å². The van der Waals surface area contributed by atoms with Crippen molar-refractivity contribution in [3.63, 3.8) is 0 Å². The van der Waals surface area contributed by atoms with E-state index in [0.29, 0.717) is 18.5 Å². The molecule has 2 nitrogen and oxygen atoms in total. The normalized spacial score (nSPS) is 19.8. The lowest BCUT2D eigenvalue weighted by Crippen LogP contribution is -2.41. The van der Waals surface area contributed by atoms with Crippen LogP contribution < -0.4 is 0 Å². The number of amides is 1. The lowest BCUT2D eigenvalue weighted by atomic mass is 9.97. The highest BCUT2D eigenvalue weighted by Crippen LogP contribution is 2.34. The van der Waals surface area contributed by atoms with Crippen LogP contribution in [0, 0.1) is 5.92 Å². The van der Waals surface area contributed by atoms with Crippen molar-refractivity contribution in [1.29, 1.82) is 0 Å². The predicted octanol–water partition coefficient (Wildman–Crippen LogP) is 5.07. The molecule has 3 rings (SSSR count). The van der Waals surface area contributed by atoms with Crippen LogP contribution in [0.5, 0.6) is 0 Å². The van der Waals surface area contributed by atoms with Gasteiger partial charge in [-0.3, -0.25) is 4.79 Å². The van der Waals surface area contributed by atoms with E-state index >= 15 is 0 Å². The van der Waals surface area contributed by atoms with Crippen molar-refractivity contribution in [2.24, 2.45) is 5.92 Å². The number of benzene rings is 2. The first kappa shape index (κ1) is 16.5. The molecule has 0 saturated heterocycles. The Morgan fingerprint density at radius 3 is 2.38 bits per heavy atom. The van der Waals surface area contributed by atoms with Crippen LogP contribution in [-0.4, -0.2) is 16.8 Å². The summed E-state index contributed by atoms with van der Waals surface area (Å²) in [4.78, 5) is 15.3. The molecule has 2 heteroatoms. The van der Waals surface area contributed by atoms with Gasteiger partial charge in [0.25, 0.3) is 5.91 Å².